The van der Waals surface area contributed by atoms with E-state index in [1.807, 2.05) is 0 Å². The van der Waals surface area contributed by atoms with Gasteiger partial charge in [0.2, 0.25) is 0 Å². The largest absolute Gasteiger partial charge is 0.323 e. The number of aromatic nitrogens is 1. The van der Waals surface area contributed by atoms with Gasteiger partial charge in [0.05, 0.1) is 15.7 Å². The van der Waals surface area contributed by atoms with Gasteiger partial charge >= 0.3 is 0 Å². The summed E-state index contributed by atoms with van der Waals surface area (Å²) in [5.41, 5.74) is 6.96. The van der Waals surface area contributed by atoms with Crippen molar-refractivity contribution < 1.29 is 0 Å². The molecule has 1 heterocycles. The van der Waals surface area contributed by atoms with Crippen molar-refractivity contribution in [3.05, 3.63) is 28.0 Å². The number of pyridine rings is 1. The molecule has 2 nitrogen and oxygen atoms in total. The summed E-state index contributed by atoms with van der Waals surface area (Å²) in [4.78, 5) is 4.26. The molecular formula is C14H22Cl2N2. The first kappa shape index (κ1) is 15.7. The molecule has 0 aromatic carbocycles. The highest BCUT2D eigenvalue weighted by Crippen LogP contribution is 2.29. The summed E-state index contributed by atoms with van der Waals surface area (Å²) in [6, 6.07) is 1.61. The number of nitrogens with zero attached hydrogens (tertiary/aromatic N) is 1. The topological polar surface area (TPSA) is 38.9 Å². The SMILES string of the molecule is CCCCC(CC)CC(N)c1ncc(Cl)cc1Cl. The minimum absolute atomic E-state index is 0.100. The van der Waals surface area contributed by atoms with Gasteiger partial charge in [-0.25, -0.2) is 0 Å². The molecule has 0 saturated carbocycles. The molecule has 4 heteroatoms. The maximum atomic E-state index is 6.20. The van der Waals surface area contributed by atoms with Gasteiger partial charge in [-0.1, -0.05) is 62.7 Å². The van der Waals surface area contributed by atoms with E-state index in [0.717, 1.165) is 18.5 Å². The lowest BCUT2D eigenvalue weighted by Gasteiger charge is -2.20. The molecule has 0 fully saturated rings. The van der Waals surface area contributed by atoms with Crippen molar-refractivity contribution in [1.29, 1.82) is 0 Å². The van der Waals surface area contributed by atoms with Gasteiger partial charge in [0.15, 0.2) is 0 Å². The van der Waals surface area contributed by atoms with E-state index in [2.05, 4.69) is 18.8 Å². The molecule has 0 aliphatic carbocycles. The fraction of sp³-hybridized carbons (Fsp3) is 0.643. The number of hydrogen-bond donors (Lipinski definition) is 1. The maximum absolute atomic E-state index is 6.20. The summed E-state index contributed by atoms with van der Waals surface area (Å²) >= 11 is 12.0. The summed E-state index contributed by atoms with van der Waals surface area (Å²) in [7, 11) is 0. The third-order valence-electron chi connectivity index (χ3n) is 3.32. The molecule has 0 amide bonds. The second kappa shape index (κ2) is 7.98. The number of unbranched alkanes of at least 4 members (excludes halogenated alkanes) is 1. The Morgan fingerprint density at radius 1 is 1.33 bits per heavy atom. The van der Waals surface area contributed by atoms with E-state index in [9.17, 15) is 0 Å². The van der Waals surface area contributed by atoms with Gasteiger partial charge in [0.25, 0.3) is 0 Å². The highest BCUT2D eigenvalue weighted by molar-refractivity contribution is 6.34. The Balaban J connectivity index is 2.65. The molecule has 102 valence electrons. The fourth-order valence-electron chi connectivity index (χ4n) is 2.15. The molecule has 18 heavy (non-hydrogen) atoms. The van der Waals surface area contributed by atoms with Gasteiger partial charge in [0.1, 0.15) is 0 Å². The number of hydrogen-bond acceptors (Lipinski definition) is 2. The summed E-state index contributed by atoms with van der Waals surface area (Å²) < 4.78 is 0. The van der Waals surface area contributed by atoms with Crippen LogP contribution >= 0.6 is 23.2 Å². The second-order valence-corrected chi connectivity index (χ2v) is 5.62. The molecule has 0 aliphatic heterocycles. The number of halogens is 2. The Bertz CT molecular complexity index is 369. The molecule has 0 radical (unpaired) electrons. The van der Waals surface area contributed by atoms with Crippen LogP contribution in [-0.2, 0) is 0 Å². The summed E-state index contributed by atoms with van der Waals surface area (Å²) in [6.45, 7) is 4.42. The van der Waals surface area contributed by atoms with Gasteiger partial charge in [0, 0.05) is 12.2 Å². The third-order valence-corrected chi connectivity index (χ3v) is 3.83. The van der Waals surface area contributed by atoms with Gasteiger partial charge in [-0.2, -0.15) is 0 Å². The van der Waals surface area contributed by atoms with Crippen molar-refractivity contribution in [1.82, 2.24) is 4.98 Å². The average molecular weight is 289 g/mol. The van der Waals surface area contributed by atoms with Crippen LogP contribution in [0.1, 0.15) is 57.7 Å². The summed E-state index contributed by atoms with van der Waals surface area (Å²) in [5.74, 6) is 0.647. The Morgan fingerprint density at radius 3 is 2.61 bits per heavy atom. The van der Waals surface area contributed by atoms with Crippen LogP contribution in [0.5, 0.6) is 0 Å². The molecule has 1 rings (SSSR count). The maximum Gasteiger partial charge on any atom is 0.0758 e. The van der Waals surface area contributed by atoms with Crippen LogP contribution in [-0.4, -0.2) is 4.98 Å². The van der Waals surface area contributed by atoms with E-state index < -0.39 is 0 Å². The van der Waals surface area contributed by atoms with E-state index in [0.29, 0.717) is 16.0 Å². The van der Waals surface area contributed by atoms with E-state index in [-0.39, 0.29) is 6.04 Å². The van der Waals surface area contributed by atoms with Gasteiger partial charge < -0.3 is 5.73 Å². The quantitative estimate of drug-likeness (QED) is 0.767. The molecule has 2 atom stereocenters. The van der Waals surface area contributed by atoms with Crippen LogP contribution in [0.3, 0.4) is 0 Å². The first-order chi connectivity index (χ1) is 8.58. The van der Waals surface area contributed by atoms with Crippen LogP contribution in [0.4, 0.5) is 0 Å². The van der Waals surface area contributed by atoms with Crippen LogP contribution in [0.2, 0.25) is 10.0 Å². The molecule has 2 unspecified atom stereocenters. The van der Waals surface area contributed by atoms with Gasteiger partial charge in [-0.3, -0.25) is 4.98 Å². The first-order valence-electron chi connectivity index (χ1n) is 6.65. The molecule has 0 aliphatic rings. The molecule has 0 saturated heterocycles. The number of rotatable bonds is 7. The fourth-order valence-corrected chi connectivity index (χ4v) is 2.67. The van der Waals surface area contributed by atoms with Crippen molar-refractivity contribution in [2.45, 2.75) is 52.0 Å². The van der Waals surface area contributed by atoms with E-state index >= 15 is 0 Å². The highest BCUT2D eigenvalue weighted by atomic mass is 35.5. The molecular weight excluding hydrogens is 267 g/mol. The average Bonchev–Trinajstić information content (AvgIpc) is 2.34. The monoisotopic (exact) mass is 288 g/mol. The smallest absolute Gasteiger partial charge is 0.0758 e. The zero-order valence-corrected chi connectivity index (χ0v) is 12.6. The van der Waals surface area contributed by atoms with Crippen molar-refractivity contribution in [3.63, 3.8) is 0 Å². The molecule has 0 spiro atoms. The standard InChI is InChI=1S/C14H22Cl2N2/c1-3-5-6-10(4-2)7-13(17)14-12(16)8-11(15)9-18-14/h8-10,13H,3-7,17H2,1-2H3. The van der Waals surface area contributed by atoms with Crippen LogP contribution in [0.25, 0.3) is 0 Å². The van der Waals surface area contributed by atoms with Crippen LogP contribution in [0, 0.1) is 5.92 Å². The summed E-state index contributed by atoms with van der Waals surface area (Å²) in [5, 5.41) is 1.12. The normalized spacial score (nSPS) is 14.5. The van der Waals surface area contributed by atoms with E-state index in [1.54, 1.807) is 12.3 Å². The van der Waals surface area contributed by atoms with Crippen molar-refractivity contribution >= 4 is 23.2 Å². The Hall–Kier alpha value is -0.310. The van der Waals surface area contributed by atoms with Crippen LogP contribution in [0.15, 0.2) is 12.3 Å². The lowest BCUT2D eigenvalue weighted by Crippen LogP contribution is -2.17. The predicted octanol–water partition coefficient (Wildman–Crippen LogP) is 4.99. The van der Waals surface area contributed by atoms with E-state index in [1.165, 1.54) is 19.3 Å². The van der Waals surface area contributed by atoms with E-state index in [4.69, 9.17) is 28.9 Å². The molecule has 2 N–H and O–H groups in total. The second-order valence-electron chi connectivity index (χ2n) is 4.78. The molecule has 1 aromatic rings. The van der Waals surface area contributed by atoms with Crippen molar-refractivity contribution in [2.24, 2.45) is 11.7 Å². The number of nitrogens with two attached hydrogens (primary N) is 1. The third kappa shape index (κ3) is 4.75. The first-order valence-corrected chi connectivity index (χ1v) is 7.40. The Morgan fingerprint density at radius 2 is 2.06 bits per heavy atom. The van der Waals surface area contributed by atoms with Gasteiger partial charge in [-0.05, 0) is 18.4 Å². The lowest BCUT2D eigenvalue weighted by atomic mass is 9.91. The predicted molar refractivity (Wildman–Crippen MR) is 79.1 cm³/mol. The molecule has 0 bridgehead atoms. The zero-order chi connectivity index (χ0) is 13.5. The van der Waals surface area contributed by atoms with Crippen LogP contribution < -0.4 is 5.73 Å². The Kier molecular flexibility index (Phi) is 6.98. The lowest BCUT2D eigenvalue weighted by molar-refractivity contribution is 0.385. The zero-order valence-electron chi connectivity index (χ0n) is 11.1. The minimum Gasteiger partial charge on any atom is -0.323 e. The van der Waals surface area contributed by atoms with Crippen molar-refractivity contribution in [2.75, 3.05) is 0 Å². The molecule has 1 aromatic heterocycles. The minimum atomic E-state index is -0.100. The highest BCUT2D eigenvalue weighted by Gasteiger charge is 2.17. The van der Waals surface area contributed by atoms with Gasteiger partial charge in [-0.15, -0.1) is 0 Å². The summed E-state index contributed by atoms with van der Waals surface area (Å²) in [6.07, 6.45) is 7.41. The Labute approximate surface area is 120 Å². The van der Waals surface area contributed by atoms with Crippen molar-refractivity contribution in [3.8, 4) is 0 Å².